The largest absolute Gasteiger partial charge is 0.497 e. The highest BCUT2D eigenvalue weighted by Crippen LogP contribution is 2.23. The van der Waals surface area contributed by atoms with E-state index in [1.54, 1.807) is 43.1 Å². The number of aryl methyl sites for hydroxylation is 1. The molecule has 2 heterocycles. The Morgan fingerprint density at radius 3 is 2.91 bits per heavy atom. The van der Waals surface area contributed by atoms with Crippen LogP contribution in [0.2, 0.25) is 0 Å². The summed E-state index contributed by atoms with van der Waals surface area (Å²) in [5.74, 6) is 2.04. The van der Waals surface area contributed by atoms with Gasteiger partial charge in [-0.25, -0.2) is 4.68 Å². The van der Waals surface area contributed by atoms with Gasteiger partial charge in [-0.3, -0.25) is 10.1 Å². The number of carbonyl (C=O) groups is 1. The standard InChI is InChI=1S/C16H21N5O2/c1-21-16(18-14(20-21)11-6-8-17-9-7-11)19-15(22)12-4-3-5-13(10-12)23-2/h3-5,10-11,17H,6-9H2,1-2H3,(H,18,19,20,22). The van der Waals surface area contributed by atoms with Gasteiger partial charge < -0.3 is 10.1 Å². The number of hydrogen-bond donors (Lipinski definition) is 2. The molecule has 0 aliphatic carbocycles. The maximum atomic E-state index is 12.4. The van der Waals surface area contributed by atoms with Gasteiger partial charge in [-0.2, -0.15) is 10.1 Å². The van der Waals surface area contributed by atoms with Crippen LogP contribution in [0.15, 0.2) is 24.3 Å². The number of methoxy groups -OCH3 is 1. The lowest BCUT2D eigenvalue weighted by atomic mass is 9.98. The molecule has 1 aliphatic rings. The number of amides is 1. The third kappa shape index (κ3) is 3.50. The minimum absolute atomic E-state index is 0.226. The number of anilines is 1. The number of ether oxygens (including phenoxy) is 1. The Labute approximate surface area is 135 Å². The van der Waals surface area contributed by atoms with Crippen molar-refractivity contribution in [3.8, 4) is 5.75 Å². The maximum Gasteiger partial charge on any atom is 0.258 e. The van der Waals surface area contributed by atoms with Crippen molar-refractivity contribution in [2.24, 2.45) is 7.05 Å². The molecule has 7 heteroatoms. The van der Waals surface area contributed by atoms with Gasteiger partial charge in [-0.1, -0.05) is 6.07 Å². The summed E-state index contributed by atoms with van der Waals surface area (Å²) < 4.78 is 6.76. The lowest BCUT2D eigenvalue weighted by Gasteiger charge is -2.19. The van der Waals surface area contributed by atoms with Crippen molar-refractivity contribution >= 4 is 11.9 Å². The van der Waals surface area contributed by atoms with Gasteiger partial charge in [-0.15, -0.1) is 0 Å². The second-order valence-electron chi connectivity index (χ2n) is 5.63. The SMILES string of the molecule is COc1cccc(C(=O)Nc2nc(C3CCNCC3)nn2C)c1. The average Bonchev–Trinajstić information content (AvgIpc) is 2.96. The molecule has 1 aromatic heterocycles. The number of piperidine rings is 1. The second-order valence-corrected chi connectivity index (χ2v) is 5.63. The lowest BCUT2D eigenvalue weighted by molar-refractivity contribution is 0.102. The summed E-state index contributed by atoms with van der Waals surface area (Å²) in [4.78, 5) is 16.9. The van der Waals surface area contributed by atoms with E-state index in [-0.39, 0.29) is 5.91 Å². The van der Waals surface area contributed by atoms with Gasteiger partial charge in [-0.05, 0) is 44.1 Å². The number of carbonyl (C=O) groups excluding carboxylic acids is 1. The van der Waals surface area contributed by atoms with Crippen molar-refractivity contribution in [2.75, 3.05) is 25.5 Å². The zero-order valence-corrected chi connectivity index (χ0v) is 13.4. The van der Waals surface area contributed by atoms with Crippen LogP contribution >= 0.6 is 0 Å². The fourth-order valence-electron chi connectivity index (χ4n) is 2.70. The zero-order valence-electron chi connectivity index (χ0n) is 13.4. The van der Waals surface area contributed by atoms with E-state index < -0.39 is 0 Å². The smallest absolute Gasteiger partial charge is 0.258 e. The summed E-state index contributed by atoms with van der Waals surface area (Å²) in [6.45, 7) is 1.96. The van der Waals surface area contributed by atoms with Crippen LogP contribution in [0.5, 0.6) is 5.75 Å². The van der Waals surface area contributed by atoms with E-state index >= 15 is 0 Å². The van der Waals surface area contributed by atoms with E-state index in [4.69, 9.17) is 4.74 Å². The van der Waals surface area contributed by atoms with Gasteiger partial charge in [0.1, 0.15) is 5.75 Å². The number of nitrogens with one attached hydrogen (secondary N) is 2. The van der Waals surface area contributed by atoms with E-state index in [0.717, 1.165) is 31.8 Å². The van der Waals surface area contributed by atoms with Crippen LogP contribution in [0.25, 0.3) is 0 Å². The summed E-state index contributed by atoms with van der Waals surface area (Å²) in [5.41, 5.74) is 0.524. The molecule has 1 aromatic carbocycles. The minimum atomic E-state index is -0.226. The minimum Gasteiger partial charge on any atom is -0.497 e. The Hall–Kier alpha value is -2.41. The number of aromatic nitrogens is 3. The van der Waals surface area contributed by atoms with Crippen LogP contribution in [0.3, 0.4) is 0 Å². The van der Waals surface area contributed by atoms with Crippen LogP contribution in [0.4, 0.5) is 5.95 Å². The molecule has 1 fully saturated rings. The first-order chi connectivity index (χ1) is 11.2. The predicted octanol–water partition coefficient (Wildman–Crippen LogP) is 1.54. The molecule has 1 saturated heterocycles. The number of hydrogen-bond acceptors (Lipinski definition) is 5. The first kappa shape index (κ1) is 15.5. The van der Waals surface area contributed by atoms with Gasteiger partial charge in [0, 0.05) is 18.5 Å². The molecular formula is C16H21N5O2. The van der Waals surface area contributed by atoms with E-state index in [1.165, 1.54) is 0 Å². The molecule has 2 N–H and O–H groups in total. The topological polar surface area (TPSA) is 81.1 Å². The molecule has 0 atom stereocenters. The quantitative estimate of drug-likeness (QED) is 0.894. The molecule has 0 radical (unpaired) electrons. The molecule has 7 nitrogen and oxygen atoms in total. The summed E-state index contributed by atoms with van der Waals surface area (Å²) in [7, 11) is 3.36. The van der Waals surface area contributed by atoms with E-state index in [2.05, 4.69) is 20.7 Å². The molecule has 0 spiro atoms. The lowest BCUT2D eigenvalue weighted by Crippen LogP contribution is -2.27. The Bertz CT molecular complexity index is 692. The summed E-state index contributed by atoms with van der Waals surface area (Å²) in [6, 6.07) is 7.01. The molecule has 0 saturated carbocycles. The Balaban J connectivity index is 1.74. The normalized spacial score (nSPS) is 15.4. The van der Waals surface area contributed by atoms with Crippen LogP contribution in [0, 0.1) is 0 Å². The summed E-state index contributed by atoms with van der Waals surface area (Å²) >= 11 is 0. The van der Waals surface area contributed by atoms with Gasteiger partial charge >= 0.3 is 0 Å². The molecule has 0 unspecified atom stereocenters. The number of rotatable bonds is 4. The van der Waals surface area contributed by atoms with Crippen LogP contribution < -0.4 is 15.4 Å². The Morgan fingerprint density at radius 1 is 1.39 bits per heavy atom. The van der Waals surface area contributed by atoms with E-state index in [9.17, 15) is 4.79 Å². The number of nitrogens with zero attached hydrogens (tertiary/aromatic N) is 3. The Kier molecular flexibility index (Phi) is 4.57. The summed E-state index contributed by atoms with van der Waals surface area (Å²) in [5, 5.41) is 10.6. The molecule has 2 aromatic rings. The Morgan fingerprint density at radius 2 is 2.17 bits per heavy atom. The van der Waals surface area contributed by atoms with Gasteiger partial charge in [0.15, 0.2) is 5.82 Å². The fraction of sp³-hybridized carbons (Fsp3) is 0.438. The molecule has 1 amide bonds. The first-order valence-corrected chi connectivity index (χ1v) is 7.74. The van der Waals surface area contributed by atoms with Crippen molar-refractivity contribution in [1.82, 2.24) is 20.1 Å². The van der Waals surface area contributed by atoms with Crippen LogP contribution in [0.1, 0.15) is 34.9 Å². The fourth-order valence-corrected chi connectivity index (χ4v) is 2.70. The van der Waals surface area contributed by atoms with E-state index in [1.807, 2.05) is 0 Å². The van der Waals surface area contributed by atoms with Crippen molar-refractivity contribution < 1.29 is 9.53 Å². The van der Waals surface area contributed by atoms with Gasteiger partial charge in [0.05, 0.1) is 7.11 Å². The molecule has 122 valence electrons. The molecule has 23 heavy (non-hydrogen) atoms. The first-order valence-electron chi connectivity index (χ1n) is 7.74. The predicted molar refractivity (Wildman–Crippen MR) is 86.8 cm³/mol. The van der Waals surface area contributed by atoms with Crippen LogP contribution in [-0.2, 0) is 7.05 Å². The molecule has 0 bridgehead atoms. The highest BCUT2D eigenvalue weighted by Gasteiger charge is 2.21. The van der Waals surface area contributed by atoms with Gasteiger partial charge in [0.2, 0.25) is 5.95 Å². The van der Waals surface area contributed by atoms with Crippen molar-refractivity contribution in [3.63, 3.8) is 0 Å². The third-order valence-corrected chi connectivity index (χ3v) is 4.04. The average molecular weight is 315 g/mol. The summed E-state index contributed by atoms with van der Waals surface area (Å²) in [6.07, 6.45) is 2.04. The highest BCUT2D eigenvalue weighted by atomic mass is 16.5. The van der Waals surface area contributed by atoms with E-state index in [0.29, 0.717) is 23.2 Å². The van der Waals surface area contributed by atoms with Gasteiger partial charge in [0.25, 0.3) is 5.91 Å². The third-order valence-electron chi connectivity index (χ3n) is 4.04. The second kappa shape index (κ2) is 6.78. The highest BCUT2D eigenvalue weighted by molar-refractivity contribution is 6.03. The van der Waals surface area contributed by atoms with Crippen molar-refractivity contribution in [3.05, 3.63) is 35.7 Å². The van der Waals surface area contributed by atoms with Crippen molar-refractivity contribution in [1.29, 1.82) is 0 Å². The van der Waals surface area contributed by atoms with Crippen LogP contribution in [-0.4, -0.2) is 40.9 Å². The van der Waals surface area contributed by atoms with Crippen molar-refractivity contribution in [2.45, 2.75) is 18.8 Å². The number of benzene rings is 1. The zero-order chi connectivity index (χ0) is 16.2. The molecule has 3 rings (SSSR count). The molecule has 1 aliphatic heterocycles. The monoisotopic (exact) mass is 315 g/mol. The maximum absolute atomic E-state index is 12.4. The molecular weight excluding hydrogens is 294 g/mol.